The molecule has 1 aromatic heterocycles. The van der Waals surface area contributed by atoms with Gasteiger partial charge in [0, 0.05) is 38.9 Å². The summed E-state index contributed by atoms with van der Waals surface area (Å²) in [7, 11) is 3.02. The number of halogens is 3. The molecule has 8 heteroatoms. The van der Waals surface area contributed by atoms with E-state index in [1.807, 2.05) is 30.3 Å². The van der Waals surface area contributed by atoms with Crippen LogP contribution in [0.25, 0.3) is 0 Å². The van der Waals surface area contributed by atoms with Crippen LogP contribution in [0.1, 0.15) is 16.8 Å². The smallest absolute Gasteiger partial charge is 0.352 e. The number of hydrogen-bond acceptors (Lipinski definition) is 2. The summed E-state index contributed by atoms with van der Waals surface area (Å²) in [6.07, 6.45) is -3.13. The van der Waals surface area contributed by atoms with Gasteiger partial charge in [-0.15, -0.1) is 0 Å². The van der Waals surface area contributed by atoms with Crippen LogP contribution in [0, 0.1) is 0 Å². The van der Waals surface area contributed by atoms with Gasteiger partial charge in [0.05, 0.1) is 0 Å². The zero-order chi connectivity index (χ0) is 16.9. The highest BCUT2D eigenvalue weighted by atomic mass is 19.4. The predicted octanol–water partition coefficient (Wildman–Crippen LogP) is 2.30. The Kier molecular flexibility index (Phi) is 5.25. The summed E-state index contributed by atoms with van der Waals surface area (Å²) >= 11 is 0. The first-order chi connectivity index (χ1) is 10.9. The molecule has 0 radical (unpaired) electrons. The van der Waals surface area contributed by atoms with Crippen LogP contribution in [0.2, 0.25) is 0 Å². The lowest BCUT2D eigenvalue weighted by atomic mass is 10.2. The van der Waals surface area contributed by atoms with Gasteiger partial charge in [0.2, 0.25) is 0 Å². The molecular weight excluding hydrogens is 307 g/mol. The van der Waals surface area contributed by atoms with Crippen molar-refractivity contribution in [1.82, 2.24) is 20.4 Å². The highest BCUT2D eigenvalue weighted by Gasteiger charge is 2.36. The van der Waals surface area contributed by atoms with Crippen molar-refractivity contribution in [1.29, 1.82) is 0 Å². The second-order valence-electron chi connectivity index (χ2n) is 4.94. The van der Waals surface area contributed by atoms with E-state index >= 15 is 0 Å². The van der Waals surface area contributed by atoms with Crippen molar-refractivity contribution >= 4 is 5.96 Å². The fourth-order valence-electron chi connectivity index (χ4n) is 2.09. The Morgan fingerprint density at radius 3 is 2.43 bits per heavy atom. The van der Waals surface area contributed by atoms with Crippen molar-refractivity contribution < 1.29 is 13.2 Å². The maximum atomic E-state index is 12.9. The molecule has 2 rings (SSSR count). The number of rotatable bonds is 4. The van der Waals surface area contributed by atoms with Crippen LogP contribution in [0.4, 0.5) is 13.2 Å². The van der Waals surface area contributed by atoms with Gasteiger partial charge in [-0.25, -0.2) is 0 Å². The number of aromatic nitrogens is 2. The molecule has 0 bridgehead atoms. The summed E-state index contributed by atoms with van der Waals surface area (Å²) in [6.45, 7) is 0.511. The van der Waals surface area contributed by atoms with E-state index < -0.39 is 11.9 Å². The van der Waals surface area contributed by atoms with Crippen LogP contribution >= 0.6 is 0 Å². The van der Waals surface area contributed by atoms with Gasteiger partial charge in [-0.1, -0.05) is 30.3 Å². The second kappa shape index (κ2) is 7.17. The van der Waals surface area contributed by atoms with E-state index in [4.69, 9.17) is 0 Å². The van der Waals surface area contributed by atoms with Crippen molar-refractivity contribution in [2.24, 2.45) is 12.0 Å². The van der Waals surface area contributed by atoms with Gasteiger partial charge in [0.15, 0.2) is 11.7 Å². The molecule has 0 amide bonds. The van der Waals surface area contributed by atoms with E-state index in [1.165, 1.54) is 13.2 Å². The molecule has 0 aliphatic rings. The molecule has 0 unspecified atom stereocenters. The lowest BCUT2D eigenvalue weighted by Crippen LogP contribution is -2.36. The highest BCUT2D eigenvalue weighted by Crippen LogP contribution is 2.30. The molecule has 1 heterocycles. The maximum absolute atomic E-state index is 12.9. The monoisotopic (exact) mass is 325 g/mol. The molecule has 0 saturated heterocycles. The quantitative estimate of drug-likeness (QED) is 0.670. The molecule has 0 aliphatic carbocycles. The average molecular weight is 325 g/mol. The minimum atomic E-state index is -4.47. The summed E-state index contributed by atoms with van der Waals surface area (Å²) in [5.74, 6) is 0.422. The molecule has 2 N–H and O–H groups in total. The summed E-state index contributed by atoms with van der Waals surface area (Å²) in [5.41, 5.74) is 0.237. The fraction of sp³-hybridized carbons (Fsp3) is 0.333. The Bertz CT molecular complexity index is 661. The number of aliphatic imine (C=N–C) groups is 1. The first-order valence-electron chi connectivity index (χ1n) is 6.98. The van der Waals surface area contributed by atoms with Gasteiger partial charge in [-0.3, -0.25) is 9.67 Å². The number of alkyl halides is 3. The van der Waals surface area contributed by atoms with E-state index in [9.17, 15) is 13.2 Å². The van der Waals surface area contributed by atoms with E-state index in [2.05, 4.69) is 20.7 Å². The highest BCUT2D eigenvalue weighted by molar-refractivity contribution is 5.79. The van der Waals surface area contributed by atoms with Gasteiger partial charge in [0.1, 0.15) is 0 Å². The van der Waals surface area contributed by atoms with E-state index in [0.717, 1.165) is 10.2 Å². The molecule has 0 saturated carbocycles. The van der Waals surface area contributed by atoms with Crippen LogP contribution < -0.4 is 10.6 Å². The fourth-order valence-corrected chi connectivity index (χ4v) is 2.09. The maximum Gasteiger partial charge on any atom is 0.435 e. The van der Waals surface area contributed by atoms with Crippen molar-refractivity contribution in [2.45, 2.75) is 19.3 Å². The molecule has 0 fully saturated rings. The minimum absolute atomic E-state index is 0.0167. The zero-order valence-electron chi connectivity index (χ0n) is 12.9. The third kappa shape index (κ3) is 4.73. The first-order valence-corrected chi connectivity index (χ1v) is 6.98. The number of nitrogens with one attached hydrogen (secondary N) is 2. The third-order valence-electron chi connectivity index (χ3n) is 3.15. The SMILES string of the molecule is CN=C(NCc1ccccc1)NCc1cn(C)nc1C(F)(F)F. The average Bonchev–Trinajstić information content (AvgIpc) is 2.90. The molecule has 124 valence electrons. The number of nitrogens with zero attached hydrogens (tertiary/aromatic N) is 3. The molecule has 0 spiro atoms. The standard InChI is InChI=1S/C15H18F3N5/c1-19-14(20-8-11-6-4-3-5-7-11)21-9-12-10-23(2)22-13(12)15(16,17)18/h3-7,10H,8-9H2,1-2H3,(H2,19,20,21). The molecule has 0 aliphatic heterocycles. The van der Waals surface area contributed by atoms with Crippen LogP contribution in [0.15, 0.2) is 41.5 Å². The minimum Gasteiger partial charge on any atom is -0.352 e. The van der Waals surface area contributed by atoms with Crippen molar-refractivity contribution in [3.63, 3.8) is 0 Å². The molecule has 0 atom stereocenters. The van der Waals surface area contributed by atoms with Crippen molar-refractivity contribution in [3.8, 4) is 0 Å². The zero-order valence-corrected chi connectivity index (χ0v) is 12.9. The van der Waals surface area contributed by atoms with Gasteiger partial charge in [0.25, 0.3) is 0 Å². The lowest BCUT2D eigenvalue weighted by Gasteiger charge is -2.12. The van der Waals surface area contributed by atoms with E-state index in [1.54, 1.807) is 7.05 Å². The van der Waals surface area contributed by atoms with E-state index in [0.29, 0.717) is 12.5 Å². The Morgan fingerprint density at radius 2 is 1.83 bits per heavy atom. The van der Waals surface area contributed by atoms with Gasteiger partial charge in [-0.2, -0.15) is 18.3 Å². The molecule has 2 aromatic rings. The van der Waals surface area contributed by atoms with Crippen LogP contribution in [-0.2, 0) is 26.3 Å². The molecule has 5 nitrogen and oxygen atoms in total. The number of guanidine groups is 1. The Labute approximate surface area is 132 Å². The van der Waals surface area contributed by atoms with E-state index in [-0.39, 0.29) is 12.1 Å². The van der Waals surface area contributed by atoms with Crippen LogP contribution in [-0.4, -0.2) is 22.8 Å². The number of hydrogen-bond donors (Lipinski definition) is 2. The van der Waals surface area contributed by atoms with Crippen LogP contribution in [0.5, 0.6) is 0 Å². The van der Waals surface area contributed by atoms with Gasteiger partial charge < -0.3 is 10.6 Å². The summed E-state index contributed by atoms with van der Waals surface area (Å²) in [5, 5.41) is 9.39. The Morgan fingerprint density at radius 1 is 1.17 bits per heavy atom. The summed E-state index contributed by atoms with van der Waals surface area (Å²) in [6, 6.07) is 9.64. The predicted molar refractivity (Wildman–Crippen MR) is 81.7 cm³/mol. The second-order valence-corrected chi connectivity index (χ2v) is 4.94. The Balaban J connectivity index is 1.96. The summed E-state index contributed by atoms with van der Waals surface area (Å²) < 4.78 is 39.8. The third-order valence-corrected chi connectivity index (χ3v) is 3.15. The van der Waals surface area contributed by atoms with Crippen LogP contribution in [0.3, 0.4) is 0 Å². The van der Waals surface area contributed by atoms with Crippen molar-refractivity contribution in [2.75, 3.05) is 7.05 Å². The molecular formula is C15H18F3N5. The first kappa shape index (κ1) is 16.9. The van der Waals surface area contributed by atoms with Gasteiger partial charge >= 0.3 is 6.18 Å². The van der Waals surface area contributed by atoms with Crippen molar-refractivity contribution in [3.05, 3.63) is 53.3 Å². The molecule has 23 heavy (non-hydrogen) atoms. The normalized spacial score (nSPS) is 12.3. The lowest BCUT2D eigenvalue weighted by molar-refractivity contribution is -0.142. The number of benzene rings is 1. The van der Waals surface area contributed by atoms with Gasteiger partial charge in [-0.05, 0) is 5.56 Å². The number of aryl methyl sites for hydroxylation is 1. The molecule has 1 aromatic carbocycles. The largest absolute Gasteiger partial charge is 0.435 e. The summed E-state index contributed by atoms with van der Waals surface area (Å²) in [4.78, 5) is 4.00. The Hall–Kier alpha value is -2.51. The topological polar surface area (TPSA) is 54.2 Å².